The summed E-state index contributed by atoms with van der Waals surface area (Å²) in [6.45, 7) is 1.81. The van der Waals surface area contributed by atoms with Gasteiger partial charge in [0.2, 0.25) is 5.60 Å². The molecular weight excluding hydrogens is 521 g/mol. The lowest BCUT2D eigenvalue weighted by Crippen LogP contribution is -2.43. The SMILES string of the molecule is CC(Br)c1ccc(C2=CC(c3cc(C(F)(F)F)cc(C(F)(F)F)c3)(C(F)(F)F)ON2)cc1. The lowest BCUT2D eigenvalue weighted by atomic mass is 9.88. The third kappa shape index (κ3) is 4.61. The molecule has 2 aromatic rings. The van der Waals surface area contributed by atoms with Crippen LogP contribution in [0.2, 0.25) is 0 Å². The van der Waals surface area contributed by atoms with Gasteiger partial charge in [0.15, 0.2) is 0 Å². The van der Waals surface area contributed by atoms with Crippen LogP contribution < -0.4 is 5.48 Å². The van der Waals surface area contributed by atoms with Crippen molar-refractivity contribution in [2.24, 2.45) is 0 Å². The molecule has 2 atom stereocenters. The summed E-state index contributed by atoms with van der Waals surface area (Å²) in [5.74, 6) is 0. The molecule has 1 aliphatic heterocycles. The van der Waals surface area contributed by atoms with Crippen molar-refractivity contribution in [1.82, 2.24) is 5.48 Å². The summed E-state index contributed by atoms with van der Waals surface area (Å²) in [6, 6.07) is 5.82. The molecule has 12 heteroatoms. The standard InChI is InChI=1S/C20H13BrF9NO/c1-10(21)11-2-4-12(5-3-11)16-9-17(32-31-16,20(28,29)30)13-6-14(18(22,23)24)8-15(7-13)19(25,26)27/h2-10,31H,1H3. The van der Waals surface area contributed by atoms with Crippen LogP contribution in [0.1, 0.15) is 39.6 Å². The van der Waals surface area contributed by atoms with Crippen molar-refractivity contribution in [3.63, 3.8) is 0 Å². The van der Waals surface area contributed by atoms with Gasteiger partial charge in [-0.3, -0.25) is 10.3 Å². The van der Waals surface area contributed by atoms with Crippen LogP contribution in [-0.2, 0) is 22.8 Å². The number of nitrogens with one attached hydrogen (secondary N) is 1. The highest BCUT2D eigenvalue weighted by Crippen LogP contribution is 2.49. The van der Waals surface area contributed by atoms with E-state index in [1.807, 2.05) is 12.4 Å². The summed E-state index contributed by atoms with van der Waals surface area (Å²) in [6.07, 6.45) is -15.6. The van der Waals surface area contributed by atoms with E-state index in [1.54, 1.807) is 12.1 Å². The molecule has 3 rings (SSSR count). The van der Waals surface area contributed by atoms with Crippen molar-refractivity contribution in [3.05, 3.63) is 76.4 Å². The van der Waals surface area contributed by atoms with Crippen LogP contribution in [-0.4, -0.2) is 6.18 Å². The van der Waals surface area contributed by atoms with E-state index >= 15 is 0 Å². The molecule has 32 heavy (non-hydrogen) atoms. The van der Waals surface area contributed by atoms with Gasteiger partial charge >= 0.3 is 18.5 Å². The van der Waals surface area contributed by atoms with E-state index in [0.29, 0.717) is 6.08 Å². The van der Waals surface area contributed by atoms with Crippen molar-refractivity contribution < 1.29 is 44.4 Å². The van der Waals surface area contributed by atoms with Crippen LogP contribution in [0.25, 0.3) is 5.70 Å². The van der Waals surface area contributed by atoms with Gasteiger partial charge in [-0.25, -0.2) is 0 Å². The zero-order valence-electron chi connectivity index (χ0n) is 15.9. The Morgan fingerprint density at radius 1 is 0.844 bits per heavy atom. The van der Waals surface area contributed by atoms with Crippen LogP contribution in [0.4, 0.5) is 39.5 Å². The van der Waals surface area contributed by atoms with Crippen molar-refractivity contribution >= 4 is 21.6 Å². The van der Waals surface area contributed by atoms with Gasteiger partial charge in [-0.05, 0) is 42.3 Å². The molecule has 0 saturated carbocycles. The molecule has 2 aromatic carbocycles. The van der Waals surface area contributed by atoms with E-state index in [-0.39, 0.29) is 34.3 Å². The fraction of sp³-hybridized carbons (Fsp3) is 0.300. The van der Waals surface area contributed by atoms with Crippen molar-refractivity contribution in [1.29, 1.82) is 0 Å². The Hall–Kier alpha value is -2.21. The van der Waals surface area contributed by atoms with Gasteiger partial charge in [-0.15, -0.1) is 0 Å². The molecule has 1 aliphatic rings. The number of benzene rings is 2. The molecule has 0 spiro atoms. The summed E-state index contributed by atoms with van der Waals surface area (Å²) in [5, 5.41) is 0. The van der Waals surface area contributed by atoms with Gasteiger partial charge in [0.25, 0.3) is 0 Å². The number of hydrogen-bond donors (Lipinski definition) is 1. The molecule has 0 aromatic heterocycles. The molecule has 0 aliphatic carbocycles. The Labute approximate surface area is 184 Å². The highest BCUT2D eigenvalue weighted by atomic mass is 79.9. The van der Waals surface area contributed by atoms with Gasteiger partial charge in [0.1, 0.15) is 0 Å². The number of alkyl halides is 10. The van der Waals surface area contributed by atoms with Crippen LogP contribution >= 0.6 is 15.9 Å². The Morgan fingerprint density at radius 2 is 1.34 bits per heavy atom. The second kappa shape index (κ2) is 7.98. The van der Waals surface area contributed by atoms with Crippen LogP contribution in [0.5, 0.6) is 0 Å². The second-order valence-electron chi connectivity index (χ2n) is 7.03. The van der Waals surface area contributed by atoms with Crippen LogP contribution in [0.15, 0.2) is 48.5 Å². The Kier molecular flexibility index (Phi) is 6.09. The van der Waals surface area contributed by atoms with Gasteiger partial charge in [-0.1, -0.05) is 40.2 Å². The molecule has 174 valence electrons. The van der Waals surface area contributed by atoms with Crippen molar-refractivity contribution in [2.75, 3.05) is 0 Å². The third-order valence-corrected chi connectivity index (χ3v) is 5.32. The molecule has 0 radical (unpaired) electrons. The van der Waals surface area contributed by atoms with E-state index in [0.717, 1.165) is 5.56 Å². The molecule has 0 amide bonds. The highest BCUT2D eigenvalue weighted by Gasteiger charge is 2.60. The molecule has 0 saturated heterocycles. The third-order valence-electron chi connectivity index (χ3n) is 4.79. The summed E-state index contributed by atoms with van der Waals surface area (Å²) < 4.78 is 121. The zero-order valence-corrected chi connectivity index (χ0v) is 17.5. The minimum atomic E-state index is -5.39. The van der Waals surface area contributed by atoms with Crippen LogP contribution in [0, 0.1) is 0 Å². The van der Waals surface area contributed by atoms with E-state index < -0.39 is 40.8 Å². The molecule has 2 unspecified atom stereocenters. The zero-order chi connectivity index (χ0) is 24.1. The van der Waals surface area contributed by atoms with E-state index in [4.69, 9.17) is 0 Å². The lowest BCUT2D eigenvalue weighted by Gasteiger charge is -2.29. The monoisotopic (exact) mass is 533 g/mol. The number of hydroxylamine groups is 1. The first-order valence-corrected chi connectivity index (χ1v) is 9.74. The quantitative estimate of drug-likeness (QED) is 0.325. The average Bonchev–Trinajstić information content (AvgIpc) is 3.13. The van der Waals surface area contributed by atoms with Gasteiger partial charge in [-0.2, -0.15) is 39.5 Å². The van der Waals surface area contributed by atoms with Gasteiger partial charge in [0, 0.05) is 10.4 Å². The van der Waals surface area contributed by atoms with Crippen molar-refractivity contribution in [3.8, 4) is 0 Å². The first-order valence-electron chi connectivity index (χ1n) is 8.82. The van der Waals surface area contributed by atoms with E-state index in [1.165, 1.54) is 12.1 Å². The predicted molar refractivity (Wildman–Crippen MR) is 100 cm³/mol. The first kappa shape index (κ1) is 24.4. The van der Waals surface area contributed by atoms with E-state index in [9.17, 15) is 39.5 Å². The van der Waals surface area contributed by atoms with Crippen molar-refractivity contribution in [2.45, 2.75) is 35.9 Å². The maximum absolute atomic E-state index is 14.0. The molecule has 1 heterocycles. The minimum absolute atomic E-state index is 0.000532. The average molecular weight is 534 g/mol. The number of halogens is 10. The van der Waals surface area contributed by atoms with Gasteiger partial charge in [0.05, 0.1) is 16.8 Å². The Morgan fingerprint density at radius 3 is 1.75 bits per heavy atom. The summed E-state index contributed by atoms with van der Waals surface area (Å²) in [4.78, 5) is 4.60. The van der Waals surface area contributed by atoms with Crippen LogP contribution in [0.3, 0.4) is 0 Å². The maximum Gasteiger partial charge on any atom is 0.428 e. The lowest BCUT2D eigenvalue weighted by molar-refractivity contribution is -0.269. The first-order chi connectivity index (χ1) is 14.5. The Balaban J connectivity index is 2.19. The van der Waals surface area contributed by atoms with Gasteiger partial charge < -0.3 is 0 Å². The summed E-state index contributed by atoms with van der Waals surface area (Å²) >= 11 is 3.32. The molecular formula is C20H13BrF9NO. The fourth-order valence-corrected chi connectivity index (χ4v) is 3.39. The topological polar surface area (TPSA) is 21.3 Å². The maximum atomic E-state index is 14.0. The Bertz CT molecular complexity index is 991. The number of hydrogen-bond acceptors (Lipinski definition) is 2. The largest absolute Gasteiger partial charge is 0.428 e. The highest BCUT2D eigenvalue weighted by molar-refractivity contribution is 9.09. The molecule has 0 fully saturated rings. The summed E-state index contributed by atoms with van der Waals surface area (Å²) in [5.41, 5.74) is -5.98. The smallest absolute Gasteiger partial charge is 0.265 e. The molecule has 0 bridgehead atoms. The predicted octanol–water partition coefficient (Wildman–Crippen LogP) is 7.51. The number of rotatable bonds is 3. The van der Waals surface area contributed by atoms with E-state index in [2.05, 4.69) is 20.8 Å². The second-order valence-corrected chi connectivity index (χ2v) is 8.40. The summed E-state index contributed by atoms with van der Waals surface area (Å²) in [7, 11) is 0. The molecule has 1 N–H and O–H groups in total. The minimum Gasteiger partial charge on any atom is -0.265 e. The fourth-order valence-electron chi connectivity index (χ4n) is 3.08. The normalized spacial score (nSPS) is 20.7. The molecule has 2 nitrogen and oxygen atoms in total.